The molecule has 1 aliphatic heterocycles. The molecule has 1 unspecified atom stereocenters. The van der Waals surface area contributed by atoms with E-state index in [0.29, 0.717) is 12.8 Å². The number of benzene rings is 1. The average Bonchev–Trinajstić information content (AvgIpc) is 3.04. The van der Waals surface area contributed by atoms with Gasteiger partial charge in [0.2, 0.25) is 0 Å². The van der Waals surface area contributed by atoms with Crippen molar-refractivity contribution in [2.45, 2.75) is 24.8 Å². The molecule has 0 aliphatic carbocycles. The van der Waals surface area contributed by atoms with Gasteiger partial charge in [-0.15, -0.1) is 0 Å². The summed E-state index contributed by atoms with van der Waals surface area (Å²) in [6.45, 7) is 6.98. The summed E-state index contributed by atoms with van der Waals surface area (Å²) in [7, 11) is 1.69. The largest absolute Gasteiger partial charge is 0.358 e. The summed E-state index contributed by atoms with van der Waals surface area (Å²) in [6.07, 6.45) is 7.97. The molecule has 1 aliphatic rings. The Morgan fingerprint density at radius 1 is 1.19 bits per heavy atom. The summed E-state index contributed by atoms with van der Waals surface area (Å²) in [5, 5.41) is 1.21. The molecule has 31 heavy (non-hydrogen) atoms. The lowest BCUT2D eigenvalue weighted by Crippen LogP contribution is -2.37. The van der Waals surface area contributed by atoms with Crippen molar-refractivity contribution in [3.8, 4) is 0 Å². The number of rotatable bonds is 10. The first-order valence-electron chi connectivity index (χ1n) is 10.5. The SMILES string of the molecule is CCOP(C)(=O)CCCN1C(=Cc2cc[n+](CCN(C)C)cc2)Sc2ccccc21.[CH3-]. The van der Waals surface area contributed by atoms with Gasteiger partial charge in [0.1, 0.15) is 0 Å². The van der Waals surface area contributed by atoms with Gasteiger partial charge in [0.15, 0.2) is 26.3 Å². The Balaban J connectivity index is 0.00000341. The van der Waals surface area contributed by atoms with E-state index < -0.39 is 7.37 Å². The van der Waals surface area contributed by atoms with Gasteiger partial charge >= 0.3 is 0 Å². The minimum Gasteiger partial charge on any atom is -0.358 e. The summed E-state index contributed by atoms with van der Waals surface area (Å²) in [4.78, 5) is 5.80. The molecule has 2 heterocycles. The number of fused-ring (bicyclic) bond motifs is 1. The summed E-state index contributed by atoms with van der Waals surface area (Å²) in [5.41, 5.74) is 2.42. The molecular formula is C24H36N3O2PS. The van der Waals surface area contributed by atoms with Crippen LogP contribution in [0.3, 0.4) is 0 Å². The standard InChI is InChI=1S/C23H33N3O2PS.CH3/c1-5-28-29(4,27)18-8-13-26-21-9-6-7-10-22(21)30-23(26)19-20-11-14-25(15-12-20)17-16-24(2)3;/h6-7,9-12,14-15,19H,5,8,13,16-18H2,1-4H3;1H3/q+1;-1. The van der Waals surface area contributed by atoms with Crippen LogP contribution in [0.15, 0.2) is 58.7 Å². The number of para-hydroxylation sites is 1. The van der Waals surface area contributed by atoms with E-state index in [9.17, 15) is 4.57 Å². The summed E-state index contributed by atoms with van der Waals surface area (Å²) in [6, 6.07) is 12.8. The second-order valence-corrected chi connectivity index (χ2v) is 11.7. The van der Waals surface area contributed by atoms with E-state index in [1.54, 1.807) is 18.4 Å². The van der Waals surface area contributed by atoms with Crippen LogP contribution in [-0.4, -0.2) is 51.5 Å². The van der Waals surface area contributed by atoms with Gasteiger partial charge in [0.05, 0.1) is 23.9 Å². The molecule has 0 saturated carbocycles. The lowest BCUT2D eigenvalue weighted by Gasteiger charge is -2.21. The highest BCUT2D eigenvalue weighted by molar-refractivity contribution is 8.03. The Labute approximate surface area is 192 Å². The van der Waals surface area contributed by atoms with Crippen molar-refractivity contribution in [3.63, 3.8) is 0 Å². The van der Waals surface area contributed by atoms with Crippen LogP contribution in [-0.2, 0) is 15.6 Å². The van der Waals surface area contributed by atoms with E-state index >= 15 is 0 Å². The number of hydrogen-bond acceptors (Lipinski definition) is 5. The number of thioether (sulfide) groups is 1. The van der Waals surface area contributed by atoms with E-state index in [-0.39, 0.29) is 7.43 Å². The lowest BCUT2D eigenvalue weighted by molar-refractivity contribution is -0.696. The fourth-order valence-corrected chi connectivity index (χ4v) is 5.96. The van der Waals surface area contributed by atoms with Crippen molar-refractivity contribution in [1.29, 1.82) is 0 Å². The maximum Gasteiger partial charge on any atom is 0.200 e. The molecule has 1 aromatic carbocycles. The highest BCUT2D eigenvalue weighted by atomic mass is 32.2. The second-order valence-electron chi connectivity index (χ2n) is 7.89. The Kier molecular flexibility index (Phi) is 9.83. The Hall–Kier alpha value is -1.59. The fourth-order valence-electron chi connectivity index (χ4n) is 3.42. The van der Waals surface area contributed by atoms with Gasteiger partial charge in [-0.05, 0) is 51.2 Å². The molecule has 1 atom stereocenters. The third kappa shape index (κ3) is 7.50. The zero-order valence-electron chi connectivity index (χ0n) is 19.5. The molecule has 7 heteroatoms. The van der Waals surface area contributed by atoms with E-state index in [1.165, 1.54) is 21.2 Å². The van der Waals surface area contributed by atoms with Gasteiger partial charge in [-0.1, -0.05) is 23.9 Å². The maximum absolute atomic E-state index is 12.5. The number of nitrogens with zero attached hydrogens (tertiary/aromatic N) is 3. The third-order valence-corrected chi connectivity index (χ3v) is 8.04. The smallest absolute Gasteiger partial charge is 0.200 e. The minimum atomic E-state index is -2.50. The van der Waals surface area contributed by atoms with Gasteiger partial charge in [-0.3, -0.25) is 4.57 Å². The minimum absolute atomic E-state index is 0. The van der Waals surface area contributed by atoms with Gasteiger partial charge in [-0.2, -0.15) is 0 Å². The van der Waals surface area contributed by atoms with Crippen LogP contribution < -0.4 is 9.47 Å². The average molecular weight is 462 g/mol. The quantitative estimate of drug-likeness (QED) is 0.275. The molecule has 0 bridgehead atoms. The molecule has 0 spiro atoms. The number of anilines is 1. The molecule has 0 N–H and O–H groups in total. The molecule has 0 amide bonds. The van der Waals surface area contributed by atoms with Crippen molar-refractivity contribution in [2.24, 2.45) is 0 Å². The molecule has 0 fully saturated rings. The van der Waals surface area contributed by atoms with Gasteiger partial charge < -0.3 is 21.8 Å². The fraction of sp³-hybridized carbons (Fsp3) is 0.417. The van der Waals surface area contributed by atoms with E-state index in [2.05, 4.69) is 83.3 Å². The normalized spacial score (nSPS) is 16.3. The zero-order valence-corrected chi connectivity index (χ0v) is 21.2. The Bertz CT molecular complexity index is 915. The Morgan fingerprint density at radius 2 is 1.90 bits per heavy atom. The zero-order chi connectivity index (χ0) is 21.6. The van der Waals surface area contributed by atoms with Crippen LogP contribution in [0.2, 0.25) is 0 Å². The van der Waals surface area contributed by atoms with Crippen LogP contribution in [0, 0.1) is 7.43 Å². The topological polar surface area (TPSA) is 36.7 Å². The molecular weight excluding hydrogens is 425 g/mol. The summed E-state index contributed by atoms with van der Waals surface area (Å²) < 4.78 is 20.1. The van der Waals surface area contributed by atoms with Gasteiger partial charge in [-0.25, -0.2) is 4.57 Å². The van der Waals surface area contributed by atoms with E-state index in [4.69, 9.17) is 4.52 Å². The Morgan fingerprint density at radius 3 is 2.58 bits per heavy atom. The van der Waals surface area contributed by atoms with Crippen molar-refractivity contribution in [2.75, 3.05) is 51.5 Å². The molecule has 2 aromatic rings. The van der Waals surface area contributed by atoms with Crippen LogP contribution in [0.1, 0.15) is 18.9 Å². The number of likely N-dealkylation sites (N-methyl/N-ethyl adjacent to an activating group) is 1. The first kappa shape index (κ1) is 25.7. The van der Waals surface area contributed by atoms with Crippen molar-refractivity contribution >= 4 is 30.9 Å². The molecule has 3 rings (SSSR count). The van der Waals surface area contributed by atoms with Gasteiger partial charge in [0, 0.05) is 36.4 Å². The molecule has 5 nitrogen and oxygen atoms in total. The van der Waals surface area contributed by atoms with Crippen molar-refractivity contribution < 1.29 is 13.7 Å². The highest BCUT2D eigenvalue weighted by Gasteiger charge is 2.25. The number of pyridine rings is 1. The van der Waals surface area contributed by atoms with E-state index in [0.717, 1.165) is 26.1 Å². The van der Waals surface area contributed by atoms with Crippen LogP contribution >= 0.6 is 19.1 Å². The monoisotopic (exact) mass is 461 g/mol. The third-order valence-electron chi connectivity index (χ3n) is 5.00. The highest BCUT2D eigenvalue weighted by Crippen LogP contribution is 2.47. The second kappa shape index (κ2) is 11.9. The van der Waals surface area contributed by atoms with Crippen molar-refractivity contribution in [3.05, 3.63) is 66.8 Å². The van der Waals surface area contributed by atoms with Gasteiger partial charge in [0.25, 0.3) is 0 Å². The maximum atomic E-state index is 12.5. The molecule has 1 aromatic heterocycles. The molecule has 0 saturated heterocycles. The van der Waals surface area contributed by atoms with Crippen LogP contribution in [0.25, 0.3) is 6.08 Å². The van der Waals surface area contributed by atoms with Crippen LogP contribution in [0.5, 0.6) is 0 Å². The number of hydrogen-bond donors (Lipinski definition) is 0. The predicted molar refractivity (Wildman–Crippen MR) is 134 cm³/mol. The van der Waals surface area contributed by atoms with Crippen LogP contribution in [0.4, 0.5) is 5.69 Å². The summed E-state index contributed by atoms with van der Waals surface area (Å²) in [5.74, 6) is 0. The summed E-state index contributed by atoms with van der Waals surface area (Å²) >= 11 is 1.80. The lowest BCUT2D eigenvalue weighted by atomic mass is 10.2. The molecule has 170 valence electrons. The molecule has 0 radical (unpaired) electrons. The van der Waals surface area contributed by atoms with Crippen molar-refractivity contribution in [1.82, 2.24) is 4.90 Å². The van der Waals surface area contributed by atoms with E-state index in [1.807, 2.05) is 6.92 Å². The first-order chi connectivity index (χ1) is 14.4. The number of aromatic nitrogens is 1. The predicted octanol–water partition coefficient (Wildman–Crippen LogP) is 5.23. The first-order valence-corrected chi connectivity index (χ1v) is 13.6.